The van der Waals surface area contributed by atoms with Crippen molar-refractivity contribution in [3.8, 4) is 11.5 Å². The van der Waals surface area contributed by atoms with Gasteiger partial charge in [-0.3, -0.25) is 0 Å². The fourth-order valence-corrected chi connectivity index (χ4v) is 2.88. The number of methoxy groups -OCH3 is 2. The van der Waals surface area contributed by atoms with Gasteiger partial charge in [0.05, 0.1) is 14.2 Å². The summed E-state index contributed by atoms with van der Waals surface area (Å²) in [6.45, 7) is 1.21. The molecule has 0 aliphatic heterocycles. The Hall–Kier alpha value is -2.21. The second-order valence-electron chi connectivity index (χ2n) is 4.95. The Bertz CT molecular complexity index is 614. The van der Waals surface area contributed by atoms with E-state index in [1.807, 2.05) is 29.6 Å². The fourth-order valence-electron chi connectivity index (χ4n) is 2.17. The highest BCUT2D eigenvalue weighted by atomic mass is 32.1. The Labute approximate surface area is 140 Å². The first-order valence-electron chi connectivity index (χ1n) is 7.48. The third-order valence-corrected chi connectivity index (χ3v) is 4.32. The van der Waals surface area contributed by atoms with Crippen molar-refractivity contribution in [3.63, 3.8) is 0 Å². The molecule has 2 rings (SSSR count). The van der Waals surface area contributed by atoms with Crippen LogP contribution in [-0.4, -0.2) is 33.3 Å². The summed E-state index contributed by atoms with van der Waals surface area (Å²) >= 11 is 1.70. The number of rotatable bonds is 8. The normalized spacial score (nSPS) is 10.2. The second kappa shape index (κ2) is 9.05. The van der Waals surface area contributed by atoms with E-state index >= 15 is 0 Å². The van der Waals surface area contributed by atoms with Crippen LogP contribution in [0.5, 0.6) is 11.5 Å². The van der Waals surface area contributed by atoms with Gasteiger partial charge in [0.1, 0.15) is 0 Å². The quantitative estimate of drug-likeness (QED) is 0.780. The van der Waals surface area contributed by atoms with E-state index in [1.165, 1.54) is 4.88 Å². The summed E-state index contributed by atoms with van der Waals surface area (Å²) in [7, 11) is 3.22. The van der Waals surface area contributed by atoms with Crippen LogP contribution in [0.25, 0.3) is 0 Å². The van der Waals surface area contributed by atoms with Gasteiger partial charge in [0.2, 0.25) is 0 Å². The lowest BCUT2D eigenvalue weighted by Gasteiger charge is -2.10. The summed E-state index contributed by atoms with van der Waals surface area (Å²) in [6, 6.07) is 9.72. The molecule has 2 aromatic rings. The van der Waals surface area contributed by atoms with Crippen LogP contribution >= 0.6 is 11.3 Å². The SMILES string of the molecule is COc1ccc(CCNC(=O)NCCc2cccs2)cc1OC. The Morgan fingerprint density at radius 3 is 2.43 bits per heavy atom. The molecule has 6 heteroatoms. The molecule has 0 unspecified atom stereocenters. The van der Waals surface area contributed by atoms with E-state index in [2.05, 4.69) is 16.7 Å². The molecule has 0 saturated carbocycles. The molecule has 2 amide bonds. The summed E-state index contributed by atoms with van der Waals surface area (Å²) in [5, 5.41) is 7.76. The third-order valence-electron chi connectivity index (χ3n) is 3.38. The topological polar surface area (TPSA) is 59.6 Å². The van der Waals surface area contributed by atoms with Crippen molar-refractivity contribution in [1.82, 2.24) is 10.6 Å². The summed E-state index contributed by atoms with van der Waals surface area (Å²) in [6.07, 6.45) is 1.60. The smallest absolute Gasteiger partial charge is 0.314 e. The average Bonchev–Trinajstić information content (AvgIpc) is 3.08. The largest absolute Gasteiger partial charge is 0.493 e. The van der Waals surface area contributed by atoms with E-state index in [0.29, 0.717) is 24.6 Å². The molecule has 0 fully saturated rings. The van der Waals surface area contributed by atoms with Crippen LogP contribution < -0.4 is 20.1 Å². The monoisotopic (exact) mass is 334 g/mol. The standard InChI is InChI=1S/C17H22N2O3S/c1-21-15-6-5-13(12-16(15)22-2)7-9-18-17(20)19-10-8-14-4-3-11-23-14/h3-6,11-12H,7-10H2,1-2H3,(H2,18,19,20). The Balaban J connectivity index is 1.68. The predicted octanol–water partition coefficient (Wildman–Crippen LogP) is 2.85. The summed E-state index contributed by atoms with van der Waals surface area (Å²) in [5.41, 5.74) is 1.08. The van der Waals surface area contributed by atoms with Crippen molar-refractivity contribution in [3.05, 3.63) is 46.2 Å². The maximum absolute atomic E-state index is 11.7. The first kappa shape index (κ1) is 17.1. The number of carbonyl (C=O) groups excluding carboxylic acids is 1. The predicted molar refractivity (Wildman–Crippen MR) is 92.7 cm³/mol. The van der Waals surface area contributed by atoms with Crippen LogP contribution in [0.2, 0.25) is 0 Å². The van der Waals surface area contributed by atoms with E-state index in [4.69, 9.17) is 9.47 Å². The van der Waals surface area contributed by atoms with E-state index in [0.717, 1.165) is 18.4 Å². The zero-order chi connectivity index (χ0) is 16.5. The lowest BCUT2D eigenvalue weighted by atomic mass is 10.1. The maximum Gasteiger partial charge on any atom is 0.314 e. The van der Waals surface area contributed by atoms with Gasteiger partial charge in [-0.15, -0.1) is 11.3 Å². The molecule has 1 aromatic carbocycles. The average molecular weight is 334 g/mol. The Morgan fingerprint density at radius 2 is 1.78 bits per heavy atom. The number of hydrogen-bond donors (Lipinski definition) is 2. The third kappa shape index (κ3) is 5.49. The molecular formula is C17H22N2O3S. The van der Waals surface area contributed by atoms with Crippen molar-refractivity contribution in [2.45, 2.75) is 12.8 Å². The van der Waals surface area contributed by atoms with Gasteiger partial charge in [-0.25, -0.2) is 4.79 Å². The van der Waals surface area contributed by atoms with Crippen LogP contribution in [0.3, 0.4) is 0 Å². The van der Waals surface area contributed by atoms with Gasteiger partial charge < -0.3 is 20.1 Å². The van der Waals surface area contributed by atoms with E-state index < -0.39 is 0 Å². The van der Waals surface area contributed by atoms with Crippen molar-refractivity contribution in [2.75, 3.05) is 27.3 Å². The molecule has 0 atom stereocenters. The molecule has 0 bridgehead atoms. The van der Waals surface area contributed by atoms with Crippen LogP contribution in [-0.2, 0) is 12.8 Å². The van der Waals surface area contributed by atoms with Gasteiger partial charge in [-0.1, -0.05) is 12.1 Å². The molecule has 0 saturated heterocycles. The molecule has 23 heavy (non-hydrogen) atoms. The molecule has 5 nitrogen and oxygen atoms in total. The van der Waals surface area contributed by atoms with Crippen LogP contribution in [0, 0.1) is 0 Å². The second-order valence-corrected chi connectivity index (χ2v) is 5.98. The van der Waals surface area contributed by atoms with Crippen molar-refractivity contribution < 1.29 is 14.3 Å². The zero-order valence-corrected chi connectivity index (χ0v) is 14.2. The lowest BCUT2D eigenvalue weighted by molar-refractivity contribution is 0.241. The van der Waals surface area contributed by atoms with Gasteiger partial charge in [0.15, 0.2) is 11.5 Å². The molecule has 0 radical (unpaired) electrons. The maximum atomic E-state index is 11.7. The summed E-state index contributed by atoms with van der Waals surface area (Å²) in [4.78, 5) is 13.0. The molecule has 124 valence electrons. The molecule has 1 heterocycles. The highest BCUT2D eigenvalue weighted by Crippen LogP contribution is 2.27. The van der Waals surface area contributed by atoms with E-state index in [-0.39, 0.29) is 6.03 Å². The minimum Gasteiger partial charge on any atom is -0.493 e. The van der Waals surface area contributed by atoms with Crippen LogP contribution in [0.1, 0.15) is 10.4 Å². The first-order chi connectivity index (χ1) is 11.2. The van der Waals surface area contributed by atoms with Crippen molar-refractivity contribution in [1.29, 1.82) is 0 Å². The fraction of sp³-hybridized carbons (Fsp3) is 0.353. The number of nitrogens with one attached hydrogen (secondary N) is 2. The van der Waals surface area contributed by atoms with Gasteiger partial charge in [0, 0.05) is 18.0 Å². The Morgan fingerprint density at radius 1 is 1.04 bits per heavy atom. The molecule has 1 aromatic heterocycles. The minimum absolute atomic E-state index is 0.137. The van der Waals surface area contributed by atoms with E-state index in [9.17, 15) is 4.79 Å². The molecule has 0 aliphatic carbocycles. The Kier molecular flexibility index (Phi) is 6.75. The van der Waals surface area contributed by atoms with E-state index in [1.54, 1.807) is 25.6 Å². The molecule has 0 aliphatic rings. The van der Waals surface area contributed by atoms with Crippen LogP contribution in [0.15, 0.2) is 35.7 Å². The number of ether oxygens (including phenoxy) is 2. The molecular weight excluding hydrogens is 312 g/mol. The van der Waals surface area contributed by atoms with Gasteiger partial charge in [0.25, 0.3) is 0 Å². The molecule has 2 N–H and O–H groups in total. The highest BCUT2D eigenvalue weighted by Gasteiger charge is 2.05. The number of urea groups is 1. The molecule has 0 spiro atoms. The number of hydrogen-bond acceptors (Lipinski definition) is 4. The van der Waals surface area contributed by atoms with Crippen LogP contribution in [0.4, 0.5) is 4.79 Å². The number of benzene rings is 1. The lowest BCUT2D eigenvalue weighted by Crippen LogP contribution is -2.37. The summed E-state index contributed by atoms with van der Waals surface area (Å²) < 4.78 is 10.5. The number of carbonyl (C=O) groups is 1. The highest BCUT2D eigenvalue weighted by molar-refractivity contribution is 7.09. The van der Waals surface area contributed by atoms with Crippen molar-refractivity contribution in [2.24, 2.45) is 0 Å². The van der Waals surface area contributed by atoms with Gasteiger partial charge >= 0.3 is 6.03 Å². The van der Waals surface area contributed by atoms with Gasteiger partial charge in [-0.05, 0) is 42.0 Å². The number of thiophene rings is 1. The minimum atomic E-state index is -0.137. The van der Waals surface area contributed by atoms with Gasteiger partial charge in [-0.2, -0.15) is 0 Å². The van der Waals surface area contributed by atoms with Crippen molar-refractivity contribution >= 4 is 17.4 Å². The zero-order valence-electron chi connectivity index (χ0n) is 13.4. The summed E-state index contributed by atoms with van der Waals surface area (Å²) in [5.74, 6) is 1.40. The number of amides is 2. The first-order valence-corrected chi connectivity index (χ1v) is 8.36.